The Balaban J connectivity index is 1.47. The molecule has 8 heteroatoms. The highest BCUT2D eigenvalue weighted by Crippen LogP contribution is 2.45. The van der Waals surface area contributed by atoms with Gasteiger partial charge in [0.05, 0.1) is 17.6 Å². The van der Waals surface area contributed by atoms with Crippen molar-refractivity contribution < 1.29 is 17.2 Å². The van der Waals surface area contributed by atoms with Gasteiger partial charge in [-0.25, -0.2) is 21.9 Å². The first-order chi connectivity index (χ1) is 14.8. The van der Waals surface area contributed by atoms with Crippen LogP contribution < -0.4 is 0 Å². The number of sulfonamides is 1. The van der Waals surface area contributed by atoms with Crippen LogP contribution in [0, 0.1) is 17.0 Å². The molecule has 160 valence electrons. The predicted octanol–water partition coefficient (Wildman–Crippen LogP) is 4.19. The van der Waals surface area contributed by atoms with Crippen LogP contribution in [0.15, 0.2) is 65.2 Å². The molecule has 0 amide bonds. The van der Waals surface area contributed by atoms with Gasteiger partial charge in [-0.2, -0.15) is 9.40 Å². The van der Waals surface area contributed by atoms with Crippen molar-refractivity contribution in [3.05, 3.63) is 83.2 Å². The van der Waals surface area contributed by atoms with Crippen molar-refractivity contribution in [2.75, 3.05) is 13.1 Å². The van der Waals surface area contributed by atoms with E-state index in [-0.39, 0.29) is 23.8 Å². The average Bonchev–Trinajstić information content (AvgIpc) is 3.14. The van der Waals surface area contributed by atoms with E-state index >= 15 is 0 Å². The smallest absolute Gasteiger partial charge is 0.233 e. The first-order valence-corrected chi connectivity index (χ1v) is 11.5. The highest BCUT2D eigenvalue weighted by molar-refractivity contribution is 7.89. The Bertz CT molecular complexity index is 1300. The van der Waals surface area contributed by atoms with Gasteiger partial charge < -0.3 is 0 Å². The lowest BCUT2D eigenvalue weighted by Gasteiger charge is -2.43. The minimum absolute atomic E-state index is 0.274. The van der Waals surface area contributed by atoms with Crippen LogP contribution in [-0.4, -0.2) is 35.6 Å². The molecule has 0 radical (unpaired) electrons. The van der Waals surface area contributed by atoms with Gasteiger partial charge in [0.25, 0.3) is 0 Å². The van der Waals surface area contributed by atoms with Crippen LogP contribution in [0.5, 0.6) is 0 Å². The van der Waals surface area contributed by atoms with E-state index in [0.29, 0.717) is 12.8 Å². The van der Waals surface area contributed by atoms with E-state index in [4.69, 9.17) is 0 Å². The molecule has 1 aliphatic heterocycles. The number of rotatable bonds is 3. The zero-order valence-electron chi connectivity index (χ0n) is 16.9. The minimum Gasteiger partial charge on any atom is -0.233 e. The molecule has 0 spiro atoms. The molecule has 31 heavy (non-hydrogen) atoms. The van der Waals surface area contributed by atoms with Crippen molar-refractivity contribution in [2.24, 2.45) is 5.41 Å². The molecule has 1 atom stereocenters. The van der Waals surface area contributed by atoms with Gasteiger partial charge in [-0.05, 0) is 60.9 Å². The number of piperidine rings is 1. The van der Waals surface area contributed by atoms with Gasteiger partial charge in [0.2, 0.25) is 10.0 Å². The molecule has 2 aliphatic rings. The second-order valence-electron chi connectivity index (χ2n) is 8.37. The second-order valence-corrected chi connectivity index (χ2v) is 10.3. The fraction of sp³-hybridized carbons (Fsp3) is 0.261. The molecule has 1 aliphatic carbocycles. The highest BCUT2D eigenvalue weighted by Gasteiger charge is 2.43. The predicted molar refractivity (Wildman–Crippen MR) is 113 cm³/mol. The normalized spacial score (nSPS) is 21.3. The van der Waals surface area contributed by atoms with Crippen molar-refractivity contribution in [2.45, 2.75) is 24.7 Å². The van der Waals surface area contributed by atoms with E-state index in [1.165, 1.54) is 40.7 Å². The van der Waals surface area contributed by atoms with E-state index in [2.05, 4.69) is 11.2 Å². The van der Waals surface area contributed by atoms with Gasteiger partial charge in [-0.15, -0.1) is 0 Å². The third kappa shape index (κ3) is 3.30. The summed E-state index contributed by atoms with van der Waals surface area (Å²) >= 11 is 0. The van der Waals surface area contributed by atoms with Crippen molar-refractivity contribution in [3.8, 4) is 5.69 Å². The number of benzene rings is 2. The standard InChI is InChI=1S/C23H21F2N3O2S/c1-23-13-16-14-26-28(19-8-6-18(24)7-9-19)21(16)12-17(23)10-11-27(15-23)31(29,30)22-5-3-2-4-20(22)25/h2-9,12,14H,10-11,13,15H2,1H3/t23-/m1/s1. The lowest BCUT2D eigenvalue weighted by atomic mass is 9.70. The van der Waals surface area contributed by atoms with Gasteiger partial charge in [-0.3, -0.25) is 0 Å². The van der Waals surface area contributed by atoms with E-state index in [1.54, 1.807) is 23.0 Å². The Labute approximate surface area is 179 Å². The number of nitrogens with zero attached hydrogens (tertiary/aromatic N) is 3. The first-order valence-electron chi connectivity index (χ1n) is 10.1. The Morgan fingerprint density at radius 3 is 2.55 bits per heavy atom. The van der Waals surface area contributed by atoms with Crippen LogP contribution in [-0.2, 0) is 16.4 Å². The van der Waals surface area contributed by atoms with Crippen molar-refractivity contribution >= 4 is 16.1 Å². The van der Waals surface area contributed by atoms with Crippen LogP contribution in [0.1, 0.15) is 24.6 Å². The van der Waals surface area contributed by atoms with E-state index < -0.39 is 21.3 Å². The summed E-state index contributed by atoms with van der Waals surface area (Å²) in [5, 5.41) is 4.48. The molecule has 0 N–H and O–H groups in total. The molecule has 5 nitrogen and oxygen atoms in total. The average molecular weight is 442 g/mol. The fourth-order valence-corrected chi connectivity index (χ4v) is 6.22. The van der Waals surface area contributed by atoms with Crippen molar-refractivity contribution in [3.63, 3.8) is 0 Å². The van der Waals surface area contributed by atoms with Crippen LogP contribution in [0.2, 0.25) is 0 Å². The molecule has 1 saturated heterocycles. The van der Waals surface area contributed by atoms with Gasteiger partial charge in [0.1, 0.15) is 16.5 Å². The molecule has 1 aromatic heterocycles. The van der Waals surface area contributed by atoms with Gasteiger partial charge >= 0.3 is 0 Å². The second kappa shape index (κ2) is 7.10. The summed E-state index contributed by atoms with van der Waals surface area (Å²) in [6.45, 7) is 2.61. The maximum atomic E-state index is 14.2. The Kier molecular flexibility index (Phi) is 4.60. The first kappa shape index (κ1) is 20.1. The molecular weight excluding hydrogens is 420 g/mol. The molecule has 0 bridgehead atoms. The fourth-order valence-electron chi connectivity index (χ4n) is 4.59. The summed E-state index contributed by atoms with van der Waals surface area (Å²) in [6.07, 6.45) is 5.03. The summed E-state index contributed by atoms with van der Waals surface area (Å²) in [4.78, 5) is -0.286. The minimum atomic E-state index is -3.93. The topological polar surface area (TPSA) is 55.2 Å². The zero-order valence-corrected chi connectivity index (χ0v) is 17.7. The van der Waals surface area contributed by atoms with Crippen molar-refractivity contribution in [1.29, 1.82) is 0 Å². The SMILES string of the molecule is C[C@]12Cc3cnn(-c4ccc(F)cc4)c3C=C1CCN(S(=O)(=O)c1ccccc1F)C2. The third-order valence-corrected chi connectivity index (χ3v) is 8.11. The van der Waals surface area contributed by atoms with Crippen molar-refractivity contribution in [1.82, 2.24) is 14.1 Å². The van der Waals surface area contributed by atoms with E-state index in [9.17, 15) is 17.2 Å². The molecule has 5 rings (SSSR count). The summed E-state index contributed by atoms with van der Waals surface area (Å²) in [6, 6.07) is 11.6. The molecule has 1 fully saturated rings. The zero-order chi connectivity index (χ0) is 21.8. The maximum absolute atomic E-state index is 14.2. The van der Waals surface area contributed by atoms with Crippen LogP contribution >= 0.6 is 0 Å². The molecule has 0 saturated carbocycles. The summed E-state index contributed by atoms with van der Waals surface area (Å²) in [5.74, 6) is -1.04. The number of hydrogen-bond acceptors (Lipinski definition) is 3. The van der Waals surface area contributed by atoms with Gasteiger partial charge in [0.15, 0.2) is 0 Å². The van der Waals surface area contributed by atoms with Crippen LogP contribution in [0.25, 0.3) is 11.8 Å². The Morgan fingerprint density at radius 2 is 1.81 bits per heavy atom. The number of fused-ring (bicyclic) bond motifs is 2. The summed E-state index contributed by atoms with van der Waals surface area (Å²) < 4.78 is 56.9. The lowest BCUT2D eigenvalue weighted by Crippen LogP contribution is -2.47. The summed E-state index contributed by atoms with van der Waals surface area (Å²) in [7, 11) is -3.93. The van der Waals surface area contributed by atoms with Crippen LogP contribution in [0.4, 0.5) is 8.78 Å². The number of halogens is 2. The molecule has 3 aromatic rings. The van der Waals surface area contributed by atoms with Crippen LogP contribution in [0.3, 0.4) is 0 Å². The molecule has 2 aromatic carbocycles. The van der Waals surface area contributed by atoms with Gasteiger partial charge in [-0.1, -0.05) is 24.6 Å². The molecule has 2 heterocycles. The molecular formula is C23H21F2N3O2S. The van der Waals surface area contributed by atoms with Gasteiger partial charge in [0, 0.05) is 18.5 Å². The Morgan fingerprint density at radius 1 is 1.06 bits per heavy atom. The quantitative estimate of drug-likeness (QED) is 0.613. The number of hydrogen-bond donors (Lipinski definition) is 0. The third-order valence-electron chi connectivity index (χ3n) is 6.23. The molecule has 0 unspecified atom stereocenters. The Hall–Kier alpha value is -2.84. The summed E-state index contributed by atoms with van der Waals surface area (Å²) in [5.41, 5.74) is 3.44. The lowest BCUT2D eigenvalue weighted by molar-refractivity contribution is 0.231. The largest absolute Gasteiger partial charge is 0.246 e. The maximum Gasteiger partial charge on any atom is 0.246 e. The highest BCUT2D eigenvalue weighted by atomic mass is 32.2. The number of aromatic nitrogens is 2. The van der Waals surface area contributed by atoms with E-state index in [1.807, 2.05) is 6.92 Å². The van der Waals surface area contributed by atoms with E-state index in [0.717, 1.165) is 22.5 Å². The monoisotopic (exact) mass is 441 g/mol.